The maximum Gasteiger partial charge on any atom is 0.00747 e. The second-order valence-corrected chi connectivity index (χ2v) is 7.29. The zero-order valence-corrected chi connectivity index (χ0v) is 12.8. The summed E-state index contributed by atoms with van der Waals surface area (Å²) >= 11 is 0. The molecule has 0 saturated heterocycles. The van der Waals surface area contributed by atoms with Gasteiger partial charge in [-0.2, -0.15) is 0 Å². The van der Waals surface area contributed by atoms with Crippen molar-refractivity contribution in [1.82, 2.24) is 5.32 Å². The molecule has 1 heteroatoms. The maximum atomic E-state index is 3.98. The topological polar surface area (TPSA) is 12.0 Å². The molecule has 2 unspecified atom stereocenters. The van der Waals surface area contributed by atoms with E-state index in [2.05, 4.69) is 26.1 Å². The normalized spacial score (nSPS) is 41.8. The molecule has 0 radical (unpaired) electrons. The Morgan fingerprint density at radius 1 is 0.833 bits per heavy atom. The first-order valence-corrected chi connectivity index (χ1v) is 8.43. The predicted octanol–water partition coefficient (Wildman–Crippen LogP) is 4.76. The van der Waals surface area contributed by atoms with E-state index in [0.717, 1.165) is 29.8 Å². The minimum absolute atomic E-state index is 0.816. The van der Waals surface area contributed by atoms with Gasteiger partial charge >= 0.3 is 0 Å². The molecule has 0 aromatic carbocycles. The second-order valence-electron chi connectivity index (χ2n) is 7.29. The van der Waals surface area contributed by atoms with Gasteiger partial charge in [0.2, 0.25) is 0 Å². The number of hydrogen-bond donors (Lipinski definition) is 1. The largest absolute Gasteiger partial charge is 0.311 e. The summed E-state index contributed by atoms with van der Waals surface area (Å²) in [6.07, 6.45) is 12.9. The van der Waals surface area contributed by atoms with Crippen LogP contribution in [-0.4, -0.2) is 12.1 Å². The van der Waals surface area contributed by atoms with Gasteiger partial charge in [-0.25, -0.2) is 0 Å². The van der Waals surface area contributed by atoms with Crippen molar-refractivity contribution in [3.8, 4) is 0 Å². The highest BCUT2D eigenvalue weighted by molar-refractivity contribution is 4.85. The molecule has 0 spiro atoms. The summed E-state index contributed by atoms with van der Waals surface area (Å²) in [4.78, 5) is 0. The quantitative estimate of drug-likeness (QED) is 0.759. The Bertz CT molecular complexity index is 220. The molecule has 106 valence electrons. The smallest absolute Gasteiger partial charge is 0.00747 e. The first-order chi connectivity index (χ1) is 8.67. The van der Waals surface area contributed by atoms with Gasteiger partial charge in [0, 0.05) is 12.1 Å². The van der Waals surface area contributed by atoms with Crippen LogP contribution in [0.5, 0.6) is 0 Å². The van der Waals surface area contributed by atoms with Crippen LogP contribution in [0.3, 0.4) is 0 Å². The van der Waals surface area contributed by atoms with Crippen molar-refractivity contribution >= 4 is 0 Å². The standard InChI is InChI=1S/C17H33N/c1-4-5-15-6-8-16(9-7-15)18-17-11-13(2)10-14(3)12-17/h13-18H,4-12H2,1-3H3. The summed E-state index contributed by atoms with van der Waals surface area (Å²) < 4.78 is 0. The van der Waals surface area contributed by atoms with E-state index in [9.17, 15) is 0 Å². The van der Waals surface area contributed by atoms with Gasteiger partial charge in [-0.1, -0.05) is 33.6 Å². The highest BCUT2D eigenvalue weighted by Gasteiger charge is 2.27. The van der Waals surface area contributed by atoms with Gasteiger partial charge in [0.1, 0.15) is 0 Å². The fraction of sp³-hybridized carbons (Fsp3) is 1.00. The molecule has 2 rings (SSSR count). The Kier molecular flexibility index (Phi) is 5.54. The maximum absolute atomic E-state index is 3.98. The molecular weight excluding hydrogens is 218 g/mol. The third-order valence-corrected chi connectivity index (χ3v) is 5.19. The highest BCUT2D eigenvalue weighted by atomic mass is 15.0. The van der Waals surface area contributed by atoms with Crippen molar-refractivity contribution < 1.29 is 0 Å². The zero-order valence-electron chi connectivity index (χ0n) is 12.8. The molecule has 0 bridgehead atoms. The molecule has 0 aromatic rings. The van der Waals surface area contributed by atoms with Gasteiger partial charge < -0.3 is 5.32 Å². The van der Waals surface area contributed by atoms with Crippen LogP contribution >= 0.6 is 0 Å². The van der Waals surface area contributed by atoms with Crippen molar-refractivity contribution in [2.24, 2.45) is 17.8 Å². The van der Waals surface area contributed by atoms with Crippen molar-refractivity contribution in [3.05, 3.63) is 0 Å². The summed E-state index contributed by atoms with van der Waals surface area (Å²) in [5.74, 6) is 2.91. The monoisotopic (exact) mass is 251 g/mol. The molecule has 2 aliphatic rings. The molecule has 2 fully saturated rings. The number of hydrogen-bond acceptors (Lipinski definition) is 1. The van der Waals surface area contributed by atoms with Crippen molar-refractivity contribution in [2.75, 3.05) is 0 Å². The minimum Gasteiger partial charge on any atom is -0.311 e. The lowest BCUT2D eigenvalue weighted by molar-refractivity contribution is 0.197. The highest BCUT2D eigenvalue weighted by Crippen LogP contribution is 2.32. The van der Waals surface area contributed by atoms with Crippen LogP contribution in [0.1, 0.15) is 78.6 Å². The van der Waals surface area contributed by atoms with Gasteiger partial charge in [-0.3, -0.25) is 0 Å². The van der Waals surface area contributed by atoms with E-state index in [0.29, 0.717) is 0 Å². The molecule has 0 amide bonds. The first-order valence-electron chi connectivity index (χ1n) is 8.43. The minimum atomic E-state index is 0.816. The van der Waals surface area contributed by atoms with Gasteiger partial charge in [-0.15, -0.1) is 0 Å². The van der Waals surface area contributed by atoms with E-state index < -0.39 is 0 Å². The molecule has 0 aromatic heterocycles. The lowest BCUT2D eigenvalue weighted by atomic mass is 9.79. The van der Waals surface area contributed by atoms with Crippen LogP contribution in [0.4, 0.5) is 0 Å². The van der Waals surface area contributed by atoms with E-state index in [1.807, 2.05) is 0 Å². The molecule has 0 aliphatic heterocycles. The average Bonchev–Trinajstić information content (AvgIpc) is 2.31. The van der Waals surface area contributed by atoms with Gasteiger partial charge in [0.05, 0.1) is 0 Å². The van der Waals surface area contributed by atoms with Gasteiger partial charge in [-0.05, 0) is 62.7 Å². The molecule has 18 heavy (non-hydrogen) atoms. The van der Waals surface area contributed by atoms with Crippen molar-refractivity contribution in [1.29, 1.82) is 0 Å². The predicted molar refractivity (Wildman–Crippen MR) is 79.8 cm³/mol. The Morgan fingerprint density at radius 2 is 1.44 bits per heavy atom. The summed E-state index contributed by atoms with van der Waals surface area (Å²) in [6, 6.07) is 1.65. The molecule has 1 N–H and O–H groups in total. The van der Waals surface area contributed by atoms with E-state index in [4.69, 9.17) is 0 Å². The summed E-state index contributed by atoms with van der Waals surface area (Å²) in [5.41, 5.74) is 0. The first kappa shape index (κ1) is 14.4. The van der Waals surface area contributed by atoms with E-state index in [-0.39, 0.29) is 0 Å². The van der Waals surface area contributed by atoms with E-state index in [1.54, 1.807) is 0 Å². The Morgan fingerprint density at radius 3 is 2.00 bits per heavy atom. The Labute approximate surface area is 114 Å². The molecule has 1 nitrogen and oxygen atoms in total. The van der Waals surface area contributed by atoms with Crippen LogP contribution < -0.4 is 5.32 Å². The second kappa shape index (κ2) is 6.93. The van der Waals surface area contributed by atoms with Gasteiger partial charge in [0.15, 0.2) is 0 Å². The number of nitrogens with one attached hydrogen (secondary N) is 1. The van der Waals surface area contributed by atoms with Crippen LogP contribution in [-0.2, 0) is 0 Å². The Hall–Kier alpha value is -0.0400. The fourth-order valence-corrected chi connectivity index (χ4v) is 4.44. The molecule has 2 aliphatic carbocycles. The van der Waals surface area contributed by atoms with Crippen LogP contribution in [0, 0.1) is 17.8 Å². The molecule has 2 atom stereocenters. The van der Waals surface area contributed by atoms with Gasteiger partial charge in [0.25, 0.3) is 0 Å². The van der Waals surface area contributed by atoms with Crippen molar-refractivity contribution in [2.45, 2.75) is 90.6 Å². The lowest BCUT2D eigenvalue weighted by Gasteiger charge is -2.37. The van der Waals surface area contributed by atoms with Crippen LogP contribution in [0.25, 0.3) is 0 Å². The summed E-state index contributed by atoms with van der Waals surface area (Å²) in [6.45, 7) is 7.19. The van der Waals surface area contributed by atoms with Crippen LogP contribution in [0.15, 0.2) is 0 Å². The Balaban J connectivity index is 1.71. The third-order valence-electron chi connectivity index (χ3n) is 5.19. The average molecular weight is 251 g/mol. The number of rotatable bonds is 4. The molecular formula is C17H33N. The SMILES string of the molecule is CCCC1CCC(NC2CC(C)CC(C)C2)CC1. The zero-order chi connectivity index (χ0) is 13.0. The summed E-state index contributed by atoms with van der Waals surface area (Å²) in [7, 11) is 0. The van der Waals surface area contributed by atoms with Crippen LogP contribution in [0.2, 0.25) is 0 Å². The summed E-state index contributed by atoms with van der Waals surface area (Å²) in [5, 5.41) is 3.98. The lowest BCUT2D eigenvalue weighted by Crippen LogP contribution is -2.44. The van der Waals surface area contributed by atoms with Crippen molar-refractivity contribution in [3.63, 3.8) is 0 Å². The fourth-order valence-electron chi connectivity index (χ4n) is 4.44. The third kappa shape index (κ3) is 4.26. The van der Waals surface area contributed by atoms with E-state index in [1.165, 1.54) is 57.8 Å². The van der Waals surface area contributed by atoms with E-state index >= 15 is 0 Å². The molecule has 2 saturated carbocycles. The molecule has 0 heterocycles.